The minimum absolute atomic E-state index is 0.00895. The van der Waals surface area contributed by atoms with Gasteiger partial charge in [-0.25, -0.2) is 13.8 Å². The van der Waals surface area contributed by atoms with Gasteiger partial charge >= 0.3 is 0 Å². The highest BCUT2D eigenvalue weighted by Gasteiger charge is 2.29. The molecule has 0 aliphatic rings. The summed E-state index contributed by atoms with van der Waals surface area (Å²) in [6.45, 7) is 3.40. The van der Waals surface area contributed by atoms with Crippen molar-refractivity contribution in [1.82, 2.24) is 5.43 Å². The van der Waals surface area contributed by atoms with Gasteiger partial charge in [0.15, 0.2) is 0 Å². The predicted octanol–water partition coefficient (Wildman–Crippen LogP) is 4.26. The molecule has 0 heterocycles. The van der Waals surface area contributed by atoms with E-state index in [4.69, 9.17) is 21.1 Å². The highest BCUT2D eigenvalue weighted by atomic mass is 35.5. The summed E-state index contributed by atoms with van der Waals surface area (Å²) in [5.41, 5.74) is 3.16. The van der Waals surface area contributed by atoms with Crippen molar-refractivity contribution in [3.63, 3.8) is 0 Å². The van der Waals surface area contributed by atoms with Crippen LogP contribution >= 0.6 is 11.6 Å². The highest BCUT2D eigenvalue weighted by molar-refractivity contribution is 7.92. The molecular weight excluding hydrogens is 490 g/mol. The van der Waals surface area contributed by atoms with Crippen molar-refractivity contribution in [2.75, 3.05) is 24.6 Å². The molecule has 0 bridgehead atoms. The molecule has 10 heteroatoms. The molecule has 35 heavy (non-hydrogen) atoms. The van der Waals surface area contributed by atoms with Crippen LogP contribution in [0.5, 0.6) is 11.5 Å². The van der Waals surface area contributed by atoms with Gasteiger partial charge in [0.25, 0.3) is 15.9 Å². The summed E-state index contributed by atoms with van der Waals surface area (Å²) in [6, 6.07) is 19.4. The van der Waals surface area contributed by atoms with Crippen molar-refractivity contribution < 1.29 is 22.7 Å². The Kier molecular flexibility index (Phi) is 8.88. The molecule has 0 saturated carbocycles. The van der Waals surface area contributed by atoms with Crippen molar-refractivity contribution >= 4 is 39.4 Å². The van der Waals surface area contributed by atoms with E-state index in [-0.39, 0.29) is 21.4 Å². The number of amides is 1. The fourth-order valence-corrected chi connectivity index (χ4v) is 4.67. The van der Waals surface area contributed by atoms with E-state index in [1.165, 1.54) is 37.6 Å². The Hall–Kier alpha value is -3.82. The average Bonchev–Trinajstić information content (AvgIpc) is 2.86. The maximum absolute atomic E-state index is 13.5. The zero-order valence-electron chi connectivity index (χ0n) is 18.9. The third-order valence-corrected chi connectivity index (χ3v) is 6.67. The molecule has 0 aliphatic heterocycles. The van der Waals surface area contributed by atoms with Gasteiger partial charge in [0.2, 0.25) is 0 Å². The molecule has 0 atom stereocenters. The molecule has 0 aromatic heterocycles. The first kappa shape index (κ1) is 25.8. The molecule has 0 radical (unpaired) electrons. The van der Waals surface area contributed by atoms with Crippen molar-refractivity contribution in [3.8, 4) is 11.5 Å². The lowest BCUT2D eigenvalue weighted by Crippen LogP contribution is -2.39. The summed E-state index contributed by atoms with van der Waals surface area (Å²) in [7, 11) is -2.73. The van der Waals surface area contributed by atoms with Crippen molar-refractivity contribution in [3.05, 3.63) is 96.0 Å². The van der Waals surface area contributed by atoms with Crippen LogP contribution in [0.2, 0.25) is 5.02 Å². The van der Waals surface area contributed by atoms with Crippen LogP contribution in [0, 0.1) is 0 Å². The lowest BCUT2D eigenvalue weighted by atomic mass is 10.2. The standard InChI is InChI=1S/C25H24ClN3O5S/c1-3-14-34-21-9-7-8-19(15-21)17-27-28-25(30)18-29(23-16-20(26)12-13-24(23)33-2)35(31,32)22-10-5-4-6-11-22/h3-13,15-17H,1,14,18H2,2H3,(H,28,30)/b27-17+. The van der Waals surface area contributed by atoms with Gasteiger partial charge in [0.1, 0.15) is 24.7 Å². The van der Waals surface area contributed by atoms with Crippen LogP contribution in [-0.4, -0.2) is 40.8 Å². The van der Waals surface area contributed by atoms with Crippen molar-refractivity contribution in [2.24, 2.45) is 5.10 Å². The minimum Gasteiger partial charge on any atom is -0.495 e. The molecule has 3 aromatic carbocycles. The Bertz CT molecular complexity index is 1310. The molecule has 8 nitrogen and oxygen atoms in total. The summed E-state index contributed by atoms with van der Waals surface area (Å²) in [6.07, 6.45) is 3.06. The van der Waals surface area contributed by atoms with E-state index in [9.17, 15) is 13.2 Å². The summed E-state index contributed by atoms with van der Waals surface area (Å²) < 4.78 is 38.6. The second kappa shape index (κ2) is 12.0. The summed E-state index contributed by atoms with van der Waals surface area (Å²) in [4.78, 5) is 12.8. The van der Waals surface area contributed by atoms with Gasteiger partial charge in [-0.2, -0.15) is 5.10 Å². The molecule has 0 spiro atoms. The first-order valence-electron chi connectivity index (χ1n) is 10.4. The number of methoxy groups -OCH3 is 1. The number of rotatable bonds is 11. The highest BCUT2D eigenvalue weighted by Crippen LogP contribution is 2.34. The largest absolute Gasteiger partial charge is 0.495 e. The number of nitrogens with zero attached hydrogens (tertiary/aromatic N) is 2. The monoisotopic (exact) mass is 513 g/mol. The maximum atomic E-state index is 13.5. The smallest absolute Gasteiger partial charge is 0.264 e. The molecule has 1 amide bonds. The van der Waals surface area contributed by atoms with Crippen LogP contribution in [0.1, 0.15) is 5.56 Å². The molecule has 3 aromatic rings. The Balaban J connectivity index is 1.84. The number of hydrogen-bond acceptors (Lipinski definition) is 6. The third-order valence-electron chi connectivity index (χ3n) is 4.66. The van der Waals surface area contributed by atoms with Gasteiger partial charge in [-0.3, -0.25) is 9.10 Å². The second-order valence-electron chi connectivity index (χ2n) is 7.11. The van der Waals surface area contributed by atoms with E-state index in [0.717, 1.165) is 4.31 Å². The van der Waals surface area contributed by atoms with E-state index in [0.29, 0.717) is 17.9 Å². The first-order valence-corrected chi connectivity index (χ1v) is 12.2. The number of sulfonamides is 1. The number of carbonyl (C=O) groups is 1. The number of benzene rings is 3. The normalized spacial score (nSPS) is 11.1. The molecule has 0 fully saturated rings. The number of ether oxygens (including phenoxy) is 2. The third kappa shape index (κ3) is 6.84. The Morgan fingerprint density at radius 3 is 2.60 bits per heavy atom. The average molecular weight is 514 g/mol. The number of nitrogens with one attached hydrogen (secondary N) is 1. The van der Waals surface area contributed by atoms with Crippen molar-refractivity contribution in [1.29, 1.82) is 0 Å². The summed E-state index contributed by atoms with van der Waals surface area (Å²) in [5.74, 6) is 0.191. The van der Waals surface area contributed by atoms with Crippen LogP contribution in [0.25, 0.3) is 0 Å². The van der Waals surface area contributed by atoms with Gasteiger partial charge in [0.05, 0.1) is 23.9 Å². The molecule has 182 valence electrons. The lowest BCUT2D eigenvalue weighted by Gasteiger charge is -2.25. The van der Waals surface area contributed by atoms with Gasteiger partial charge in [-0.05, 0) is 48.0 Å². The number of anilines is 1. The molecule has 0 unspecified atom stereocenters. The number of halogens is 1. The van der Waals surface area contributed by atoms with Crippen molar-refractivity contribution in [2.45, 2.75) is 4.90 Å². The Morgan fingerprint density at radius 1 is 1.11 bits per heavy atom. The fourth-order valence-electron chi connectivity index (χ4n) is 3.06. The predicted molar refractivity (Wildman–Crippen MR) is 137 cm³/mol. The SMILES string of the molecule is C=CCOc1cccc(/C=N/NC(=O)CN(c2cc(Cl)ccc2OC)S(=O)(=O)c2ccccc2)c1. The quantitative estimate of drug-likeness (QED) is 0.235. The zero-order chi connectivity index (χ0) is 25.3. The molecule has 3 rings (SSSR count). The van der Waals surface area contributed by atoms with Crippen LogP contribution < -0.4 is 19.2 Å². The molecule has 1 N–H and O–H groups in total. The van der Waals surface area contributed by atoms with E-state index in [1.807, 2.05) is 0 Å². The first-order chi connectivity index (χ1) is 16.8. The summed E-state index contributed by atoms with van der Waals surface area (Å²) >= 11 is 6.13. The van der Waals surface area contributed by atoms with Gasteiger partial charge < -0.3 is 9.47 Å². The van der Waals surface area contributed by atoms with Gasteiger partial charge in [0, 0.05) is 5.02 Å². The lowest BCUT2D eigenvalue weighted by molar-refractivity contribution is -0.119. The Labute approximate surface area is 209 Å². The van der Waals surface area contributed by atoms with E-state index < -0.39 is 22.5 Å². The molecular formula is C25H24ClN3O5S. The number of hydrogen-bond donors (Lipinski definition) is 1. The van der Waals surface area contributed by atoms with Gasteiger partial charge in [-0.15, -0.1) is 0 Å². The topological polar surface area (TPSA) is 97.3 Å². The summed E-state index contributed by atoms with van der Waals surface area (Å²) in [5, 5.41) is 4.23. The van der Waals surface area contributed by atoms with Crippen LogP contribution in [-0.2, 0) is 14.8 Å². The van der Waals surface area contributed by atoms with Gasteiger partial charge in [-0.1, -0.05) is 54.6 Å². The van der Waals surface area contributed by atoms with E-state index in [2.05, 4.69) is 17.1 Å². The zero-order valence-corrected chi connectivity index (χ0v) is 20.5. The second-order valence-corrected chi connectivity index (χ2v) is 9.40. The van der Waals surface area contributed by atoms with E-state index in [1.54, 1.807) is 54.6 Å². The maximum Gasteiger partial charge on any atom is 0.264 e. The molecule has 0 aliphatic carbocycles. The number of carbonyl (C=O) groups excluding carboxylic acids is 1. The number of hydrazone groups is 1. The van der Waals surface area contributed by atoms with Crippen LogP contribution in [0.4, 0.5) is 5.69 Å². The molecule has 0 saturated heterocycles. The minimum atomic E-state index is -4.13. The van der Waals surface area contributed by atoms with Crippen LogP contribution in [0.15, 0.2) is 95.4 Å². The fraction of sp³-hybridized carbons (Fsp3) is 0.120. The Morgan fingerprint density at radius 2 is 1.89 bits per heavy atom. The van der Waals surface area contributed by atoms with Crippen LogP contribution in [0.3, 0.4) is 0 Å². The van der Waals surface area contributed by atoms with E-state index >= 15 is 0 Å².